The van der Waals surface area contributed by atoms with E-state index in [1.165, 1.54) is 18.6 Å². The molecule has 0 saturated carbocycles. The molecule has 0 unspecified atom stereocenters. The minimum Gasteiger partial charge on any atom is -0.451 e. The maximum absolute atomic E-state index is 12.5. The van der Waals surface area contributed by atoms with E-state index in [0.29, 0.717) is 21.2 Å². The normalized spacial score (nSPS) is 11.4. The van der Waals surface area contributed by atoms with Crippen LogP contribution in [0, 0.1) is 10.1 Å². The monoisotopic (exact) mass is 458 g/mol. The molecule has 162 valence electrons. The van der Waals surface area contributed by atoms with Gasteiger partial charge in [-0.15, -0.1) is 0 Å². The lowest BCUT2D eigenvalue weighted by Crippen LogP contribution is -2.16. The number of amides is 1. The molecule has 0 saturated heterocycles. The summed E-state index contributed by atoms with van der Waals surface area (Å²) >= 11 is 1.09. The number of nitro benzene ring substituents is 1. The van der Waals surface area contributed by atoms with Gasteiger partial charge in [-0.25, -0.2) is 10.4 Å². The van der Waals surface area contributed by atoms with Crippen LogP contribution < -0.4 is 5.43 Å². The number of fused-ring (bicyclic) bond motifs is 3. The van der Waals surface area contributed by atoms with Crippen LogP contribution in [0.4, 0.5) is 5.69 Å². The fourth-order valence-corrected chi connectivity index (χ4v) is 4.10. The summed E-state index contributed by atoms with van der Waals surface area (Å²) in [5.41, 5.74) is 3.32. The van der Waals surface area contributed by atoms with Gasteiger partial charge in [0.05, 0.1) is 16.0 Å². The van der Waals surface area contributed by atoms with E-state index in [9.17, 15) is 14.9 Å². The first-order valence-corrected chi connectivity index (χ1v) is 10.5. The Balaban J connectivity index is 1.33. The molecule has 11 heteroatoms. The molecule has 0 aliphatic carbocycles. The first-order chi connectivity index (χ1) is 16.1. The Morgan fingerprint density at radius 1 is 1.15 bits per heavy atom. The van der Waals surface area contributed by atoms with Crippen molar-refractivity contribution in [3.05, 3.63) is 88.4 Å². The molecule has 0 radical (unpaired) electrons. The van der Waals surface area contributed by atoms with E-state index in [1.807, 2.05) is 36.4 Å². The average Bonchev–Trinajstić information content (AvgIpc) is 3.49. The van der Waals surface area contributed by atoms with E-state index in [1.54, 1.807) is 18.2 Å². The maximum Gasteiger partial charge on any atom is 0.307 e. The SMILES string of the molecule is O=C(N/N=C/c1ccc(Sc2ncn[nH]2)c([N+](=O)[O-])c1)c1cc2c(ccc3ccccc32)o1. The zero-order valence-electron chi connectivity index (χ0n) is 16.8. The molecule has 3 aromatic carbocycles. The molecule has 5 rings (SSSR count). The molecule has 33 heavy (non-hydrogen) atoms. The van der Waals surface area contributed by atoms with Crippen LogP contribution in [-0.2, 0) is 0 Å². The van der Waals surface area contributed by atoms with Crippen LogP contribution in [-0.4, -0.2) is 32.2 Å². The van der Waals surface area contributed by atoms with Gasteiger partial charge < -0.3 is 4.42 Å². The number of nitrogens with zero attached hydrogens (tertiary/aromatic N) is 4. The third-order valence-corrected chi connectivity index (χ3v) is 5.76. The van der Waals surface area contributed by atoms with Gasteiger partial charge in [-0.1, -0.05) is 36.4 Å². The minimum absolute atomic E-state index is 0.114. The number of carbonyl (C=O) groups excluding carboxylic acids is 1. The topological polar surface area (TPSA) is 139 Å². The summed E-state index contributed by atoms with van der Waals surface area (Å²) in [6, 6.07) is 17.8. The van der Waals surface area contributed by atoms with E-state index in [4.69, 9.17) is 4.42 Å². The molecule has 0 fully saturated rings. The fraction of sp³-hybridized carbons (Fsp3) is 0. The number of furan rings is 1. The molecule has 0 bridgehead atoms. The lowest BCUT2D eigenvalue weighted by atomic mass is 10.1. The quantitative estimate of drug-likeness (QED) is 0.216. The van der Waals surface area contributed by atoms with Crippen LogP contribution in [0.2, 0.25) is 0 Å². The van der Waals surface area contributed by atoms with Crippen molar-refractivity contribution < 1.29 is 14.1 Å². The molecule has 0 atom stereocenters. The average molecular weight is 458 g/mol. The first kappa shape index (κ1) is 20.4. The van der Waals surface area contributed by atoms with Gasteiger partial charge in [-0.05, 0) is 40.7 Å². The molecule has 0 aliphatic heterocycles. The molecular formula is C22H14N6O4S. The number of aromatic nitrogens is 3. The van der Waals surface area contributed by atoms with Crippen molar-refractivity contribution >= 4 is 51.3 Å². The predicted molar refractivity (Wildman–Crippen MR) is 122 cm³/mol. The van der Waals surface area contributed by atoms with Crippen molar-refractivity contribution in [1.29, 1.82) is 0 Å². The molecule has 0 aliphatic rings. The maximum atomic E-state index is 12.5. The standard InChI is InChI=1S/C22H14N6O4S/c29-21(19-10-16-15-4-2-1-3-14(15)6-7-18(16)32-19)26-24-11-13-5-8-20(17(9-13)28(30)31)33-22-23-12-25-27-22/h1-12H,(H,26,29)(H,23,25,27)/b24-11+. The number of aromatic amines is 1. The highest BCUT2D eigenvalue weighted by atomic mass is 32.2. The van der Waals surface area contributed by atoms with Crippen LogP contribution in [0.3, 0.4) is 0 Å². The largest absolute Gasteiger partial charge is 0.451 e. The van der Waals surface area contributed by atoms with E-state index >= 15 is 0 Å². The van der Waals surface area contributed by atoms with Crippen molar-refractivity contribution in [3.63, 3.8) is 0 Å². The van der Waals surface area contributed by atoms with E-state index in [-0.39, 0.29) is 11.4 Å². The Hall–Kier alpha value is -4.51. The van der Waals surface area contributed by atoms with E-state index in [0.717, 1.165) is 27.9 Å². The zero-order chi connectivity index (χ0) is 22.8. The number of hydrazone groups is 1. The Morgan fingerprint density at radius 3 is 2.85 bits per heavy atom. The van der Waals surface area contributed by atoms with Gasteiger partial charge in [0.2, 0.25) is 0 Å². The van der Waals surface area contributed by atoms with Gasteiger partial charge in [0.1, 0.15) is 11.9 Å². The fourth-order valence-electron chi connectivity index (χ4n) is 3.32. The van der Waals surface area contributed by atoms with Crippen molar-refractivity contribution in [2.24, 2.45) is 5.10 Å². The third kappa shape index (κ3) is 4.16. The Bertz CT molecular complexity index is 1530. The van der Waals surface area contributed by atoms with Crippen molar-refractivity contribution in [1.82, 2.24) is 20.6 Å². The van der Waals surface area contributed by atoms with Crippen LogP contribution in [0.15, 0.2) is 86.6 Å². The summed E-state index contributed by atoms with van der Waals surface area (Å²) in [5, 5.41) is 25.0. The second-order valence-corrected chi connectivity index (χ2v) is 7.92. The molecule has 2 N–H and O–H groups in total. The third-order valence-electron chi connectivity index (χ3n) is 4.81. The Kier molecular flexibility index (Phi) is 5.29. The van der Waals surface area contributed by atoms with Crippen molar-refractivity contribution in [2.45, 2.75) is 10.1 Å². The number of H-pyrrole nitrogens is 1. The molecule has 0 spiro atoms. The van der Waals surface area contributed by atoms with Gasteiger partial charge in [-0.2, -0.15) is 10.2 Å². The lowest BCUT2D eigenvalue weighted by Gasteiger charge is -2.02. The summed E-state index contributed by atoms with van der Waals surface area (Å²) in [6.45, 7) is 0. The molecule has 1 amide bonds. The molecule has 10 nitrogen and oxygen atoms in total. The van der Waals surface area contributed by atoms with Gasteiger partial charge in [-0.3, -0.25) is 20.0 Å². The van der Waals surface area contributed by atoms with Gasteiger partial charge in [0.25, 0.3) is 5.69 Å². The van der Waals surface area contributed by atoms with Gasteiger partial charge >= 0.3 is 5.91 Å². The number of hydrogen-bond donors (Lipinski definition) is 2. The predicted octanol–water partition coefficient (Wildman–Crippen LogP) is 4.53. The number of nitro groups is 1. The number of carbonyl (C=O) groups is 1. The first-order valence-electron chi connectivity index (χ1n) is 9.65. The number of hydrogen-bond acceptors (Lipinski definition) is 8. The number of nitrogens with one attached hydrogen (secondary N) is 2. The van der Waals surface area contributed by atoms with E-state index < -0.39 is 10.8 Å². The van der Waals surface area contributed by atoms with Crippen LogP contribution >= 0.6 is 11.8 Å². The number of benzene rings is 3. The summed E-state index contributed by atoms with van der Waals surface area (Å²) < 4.78 is 5.66. The lowest BCUT2D eigenvalue weighted by molar-refractivity contribution is -0.387. The zero-order valence-corrected chi connectivity index (χ0v) is 17.6. The van der Waals surface area contributed by atoms with E-state index in [2.05, 4.69) is 25.7 Å². The molecule has 5 aromatic rings. The minimum atomic E-state index is -0.529. The molecular weight excluding hydrogens is 444 g/mol. The number of rotatable bonds is 6. The summed E-state index contributed by atoms with van der Waals surface area (Å²) in [5.74, 6) is -0.415. The van der Waals surface area contributed by atoms with Crippen LogP contribution in [0.25, 0.3) is 21.7 Å². The summed E-state index contributed by atoms with van der Waals surface area (Å²) in [7, 11) is 0. The van der Waals surface area contributed by atoms with Crippen molar-refractivity contribution in [3.8, 4) is 0 Å². The highest BCUT2D eigenvalue weighted by Gasteiger charge is 2.17. The van der Waals surface area contributed by atoms with Crippen LogP contribution in [0.1, 0.15) is 16.1 Å². The van der Waals surface area contributed by atoms with Gasteiger partial charge in [0, 0.05) is 17.0 Å². The highest BCUT2D eigenvalue weighted by Crippen LogP contribution is 2.33. The Labute approximate surface area is 189 Å². The van der Waals surface area contributed by atoms with Crippen LogP contribution in [0.5, 0.6) is 0 Å². The summed E-state index contributed by atoms with van der Waals surface area (Å²) in [6.07, 6.45) is 2.65. The summed E-state index contributed by atoms with van der Waals surface area (Å²) in [4.78, 5) is 27.8. The smallest absolute Gasteiger partial charge is 0.307 e. The Morgan fingerprint density at radius 2 is 2.03 bits per heavy atom. The second kappa shape index (κ2) is 8.55. The van der Waals surface area contributed by atoms with Gasteiger partial charge in [0.15, 0.2) is 10.9 Å². The van der Waals surface area contributed by atoms with Crippen molar-refractivity contribution in [2.75, 3.05) is 0 Å². The second-order valence-electron chi connectivity index (χ2n) is 6.89. The molecule has 2 heterocycles. The highest BCUT2D eigenvalue weighted by molar-refractivity contribution is 7.99. The molecule has 2 aromatic heterocycles.